The van der Waals surface area contributed by atoms with Gasteiger partial charge in [0.1, 0.15) is 5.82 Å². The average Bonchev–Trinajstić information content (AvgIpc) is 2.72. The van der Waals surface area contributed by atoms with Crippen LogP contribution in [0.3, 0.4) is 0 Å². The number of nitrogens with two attached hydrogens (primary N) is 1. The van der Waals surface area contributed by atoms with E-state index in [1.165, 1.54) is 12.1 Å². The van der Waals surface area contributed by atoms with Crippen LogP contribution >= 0.6 is 0 Å². The fourth-order valence-electron chi connectivity index (χ4n) is 3.65. The lowest BCUT2D eigenvalue weighted by molar-refractivity contribution is -0.137. The van der Waals surface area contributed by atoms with E-state index in [0.29, 0.717) is 42.1 Å². The zero-order chi connectivity index (χ0) is 22.2. The van der Waals surface area contributed by atoms with Crippen LogP contribution < -0.4 is 10.6 Å². The summed E-state index contributed by atoms with van der Waals surface area (Å²) in [6, 6.07) is 8.19. The zero-order valence-electron chi connectivity index (χ0n) is 16.8. The van der Waals surface area contributed by atoms with Crippen molar-refractivity contribution >= 4 is 17.5 Å². The maximum Gasteiger partial charge on any atom is 0.416 e. The van der Waals surface area contributed by atoms with Crippen LogP contribution in [0.4, 0.5) is 24.9 Å². The molecular formula is C22H20F3N5O. The van der Waals surface area contributed by atoms with Crippen molar-refractivity contribution in [1.82, 2.24) is 15.0 Å². The predicted octanol–water partition coefficient (Wildman–Crippen LogP) is 3.77. The Morgan fingerprint density at radius 2 is 2.00 bits per heavy atom. The number of alkyl halides is 3. The summed E-state index contributed by atoms with van der Waals surface area (Å²) < 4.78 is 38.9. The van der Waals surface area contributed by atoms with Crippen molar-refractivity contribution in [3.63, 3.8) is 0 Å². The van der Waals surface area contributed by atoms with Gasteiger partial charge in [0.2, 0.25) is 5.95 Å². The van der Waals surface area contributed by atoms with E-state index in [9.17, 15) is 18.0 Å². The molecule has 2 aromatic heterocycles. The van der Waals surface area contributed by atoms with E-state index in [0.717, 1.165) is 23.4 Å². The minimum Gasteiger partial charge on any atom is -0.368 e. The molecule has 31 heavy (non-hydrogen) atoms. The van der Waals surface area contributed by atoms with E-state index in [1.807, 2.05) is 4.90 Å². The third kappa shape index (κ3) is 4.65. The highest BCUT2D eigenvalue weighted by atomic mass is 19.4. The highest BCUT2D eigenvalue weighted by molar-refractivity contribution is 5.98. The number of benzene rings is 1. The lowest BCUT2D eigenvalue weighted by Gasteiger charge is -2.29. The standard InChI is InChI=1S/C22H20F3N5O/c1-13-7-15(19(31)9-14-3-2-4-17(8-14)22(23,24)25)10-20(28-13)30-6-5-18-16(12-30)11-27-21(26)29-18/h2-4,7-8,10-11H,5-6,9,12H2,1H3,(H2,26,27,29). The number of aromatic nitrogens is 3. The normalized spacial score (nSPS) is 13.7. The van der Waals surface area contributed by atoms with Crippen LogP contribution in [0.15, 0.2) is 42.6 Å². The largest absolute Gasteiger partial charge is 0.416 e. The smallest absolute Gasteiger partial charge is 0.368 e. The summed E-state index contributed by atoms with van der Waals surface area (Å²) in [5.41, 5.74) is 8.12. The second-order valence-electron chi connectivity index (χ2n) is 7.53. The highest BCUT2D eigenvalue weighted by Crippen LogP contribution is 2.30. The molecule has 1 aromatic carbocycles. The Morgan fingerprint density at radius 1 is 1.19 bits per heavy atom. The minimum absolute atomic E-state index is 0.122. The number of hydrogen-bond donors (Lipinski definition) is 1. The van der Waals surface area contributed by atoms with Crippen LogP contribution in [0.1, 0.15) is 38.4 Å². The van der Waals surface area contributed by atoms with E-state index in [-0.39, 0.29) is 18.2 Å². The van der Waals surface area contributed by atoms with Crippen LogP contribution in [0, 0.1) is 6.92 Å². The molecule has 1 aliphatic rings. The van der Waals surface area contributed by atoms with Crippen LogP contribution in [0.5, 0.6) is 0 Å². The molecule has 0 radical (unpaired) electrons. The number of ketones is 1. The molecule has 6 nitrogen and oxygen atoms in total. The first kappa shape index (κ1) is 20.8. The van der Waals surface area contributed by atoms with E-state index in [1.54, 1.807) is 25.3 Å². The van der Waals surface area contributed by atoms with Gasteiger partial charge in [0.25, 0.3) is 0 Å². The molecule has 0 bridgehead atoms. The average molecular weight is 427 g/mol. The third-order valence-corrected chi connectivity index (χ3v) is 5.16. The molecule has 2 N–H and O–H groups in total. The number of fused-ring (bicyclic) bond motifs is 1. The zero-order valence-corrected chi connectivity index (χ0v) is 16.8. The Balaban J connectivity index is 1.56. The summed E-state index contributed by atoms with van der Waals surface area (Å²) in [4.78, 5) is 27.7. The molecule has 3 heterocycles. The third-order valence-electron chi connectivity index (χ3n) is 5.16. The summed E-state index contributed by atoms with van der Waals surface area (Å²) in [7, 11) is 0. The van der Waals surface area contributed by atoms with Crippen molar-refractivity contribution in [3.05, 3.63) is 76.2 Å². The second kappa shape index (κ2) is 7.98. The molecule has 160 valence electrons. The van der Waals surface area contributed by atoms with Crippen molar-refractivity contribution in [3.8, 4) is 0 Å². The van der Waals surface area contributed by atoms with Gasteiger partial charge in [0, 0.05) is 48.9 Å². The van der Waals surface area contributed by atoms with E-state index < -0.39 is 11.7 Å². The molecule has 0 spiro atoms. The molecule has 0 saturated heterocycles. The summed E-state index contributed by atoms with van der Waals surface area (Å²) >= 11 is 0. The summed E-state index contributed by atoms with van der Waals surface area (Å²) in [6.45, 7) is 2.97. The molecular weight excluding hydrogens is 407 g/mol. The molecule has 0 atom stereocenters. The monoisotopic (exact) mass is 427 g/mol. The number of hydrogen-bond acceptors (Lipinski definition) is 6. The van der Waals surface area contributed by atoms with Crippen molar-refractivity contribution < 1.29 is 18.0 Å². The molecule has 0 aliphatic carbocycles. The number of aryl methyl sites for hydroxylation is 1. The number of rotatable bonds is 4. The first-order valence-electron chi connectivity index (χ1n) is 9.72. The van der Waals surface area contributed by atoms with Gasteiger partial charge in [0.15, 0.2) is 5.78 Å². The van der Waals surface area contributed by atoms with E-state index in [4.69, 9.17) is 5.73 Å². The fraction of sp³-hybridized carbons (Fsp3) is 0.273. The summed E-state index contributed by atoms with van der Waals surface area (Å²) in [5.74, 6) is 0.609. The summed E-state index contributed by atoms with van der Waals surface area (Å²) in [6.07, 6.45) is -2.20. The Hall–Kier alpha value is -3.49. The van der Waals surface area contributed by atoms with Crippen LogP contribution in [-0.2, 0) is 25.6 Å². The number of carbonyl (C=O) groups is 1. The van der Waals surface area contributed by atoms with Gasteiger partial charge in [-0.05, 0) is 30.7 Å². The first-order valence-corrected chi connectivity index (χ1v) is 9.72. The molecule has 3 aromatic rings. The molecule has 4 rings (SSSR count). The SMILES string of the molecule is Cc1cc(C(=O)Cc2cccc(C(F)(F)F)c2)cc(N2CCc3nc(N)ncc3C2)n1. The number of pyridine rings is 1. The van der Waals surface area contributed by atoms with Crippen molar-refractivity contribution in [2.75, 3.05) is 17.2 Å². The van der Waals surface area contributed by atoms with Gasteiger partial charge in [-0.3, -0.25) is 4.79 Å². The van der Waals surface area contributed by atoms with Crippen molar-refractivity contribution in [1.29, 1.82) is 0 Å². The number of anilines is 2. The molecule has 0 saturated carbocycles. The quantitative estimate of drug-likeness (QED) is 0.638. The number of nitrogens with zero attached hydrogens (tertiary/aromatic N) is 4. The first-order chi connectivity index (χ1) is 14.7. The van der Waals surface area contributed by atoms with Gasteiger partial charge < -0.3 is 10.6 Å². The number of carbonyl (C=O) groups excluding carboxylic acids is 1. The number of Topliss-reactive ketones (excluding diaryl/α,β-unsaturated/α-hetero) is 1. The van der Waals surface area contributed by atoms with Gasteiger partial charge in [-0.2, -0.15) is 13.2 Å². The topological polar surface area (TPSA) is 85.0 Å². The maximum atomic E-state index is 13.0. The molecule has 0 unspecified atom stereocenters. The van der Waals surface area contributed by atoms with Gasteiger partial charge >= 0.3 is 6.18 Å². The van der Waals surface area contributed by atoms with Crippen molar-refractivity contribution in [2.45, 2.75) is 32.5 Å². The lowest BCUT2D eigenvalue weighted by atomic mass is 10.0. The predicted molar refractivity (Wildman–Crippen MR) is 110 cm³/mol. The Bertz CT molecular complexity index is 1150. The number of halogens is 3. The molecule has 0 fully saturated rings. The highest BCUT2D eigenvalue weighted by Gasteiger charge is 2.30. The van der Waals surface area contributed by atoms with Gasteiger partial charge in [-0.1, -0.05) is 18.2 Å². The van der Waals surface area contributed by atoms with Crippen LogP contribution in [0.2, 0.25) is 0 Å². The minimum atomic E-state index is -4.45. The molecule has 0 amide bonds. The van der Waals surface area contributed by atoms with Crippen LogP contribution in [0.25, 0.3) is 0 Å². The van der Waals surface area contributed by atoms with Gasteiger partial charge in [-0.15, -0.1) is 0 Å². The Kier molecular flexibility index (Phi) is 5.34. The summed E-state index contributed by atoms with van der Waals surface area (Å²) in [5, 5.41) is 0. The van der Waals surface area contributed by atoms with Gasteiger partial charge in [-0.25, -0.2) is 15.0 Å². The van der Waals surface area contributed by atoms with Crippen molar-refractivity contribution in [2.24, 2.45) is 0 Å². The number of nitrogen functional groups attached to an aromatic ring is 1. The fourth-order valence-corrected chi connectivity index (χ4v) is 3.65. The maximum absolute atomic E-state index is 13.0. The van der Waals surface area contributed by atoms with E-state index in [2.05, 4.69) is 15.0 Å². The Morgan fingerprint density at radius 3 is 2.77 bits per heavy atom. The van der Waals surface area contributed by atoms with Gasteiger partial charge in [0.05, 0.1) is 11.3 Å². The van der Waals surface area contributed by atoms with Crippen LogP contribution in [-0.4, -0.2) is 27.3 Å². The lowest BCUT2D eigenvalue weighted by Crippen LogP contribution is -2.32. The van der Waals surface area contributed by atoms with E-state index >= 15 is 0 Å². The molecule has 1 aliphatic heterocycles. The Labute approximate surface area is 177 Å². The second-order valence-corrected chi connectivity index (χ2v) is 7.53. The molecule has 9 heteroatoms.